The lowest BCUT2D eigenvalue weighted by molar-refractivity contribution is 0.579. The van der Waals surface area contributed by atoms with Crippen molar-refractivity contribution in [1.29, 1.82) is 0 Å². The lowest BCUT2D eigenvalue weighted by atomic mass is 9.98. The van der Waals surface area contributed by atoms with Crippen LogP contribution in [-0.2, 0) is 19.3 Å². The molecule has 0 aliphatic heterocycles. The third-order valence-corrected chi connectivity index (χ3v) is 5.73. The van der Waals surface area contributed by atoms with Gasteiger partial charge in [-0.2, -0.15) is 0 Å². The number of benzene rings is 3. The molecule has 0 aromatic heterocycles. The third-order valence-electron chi connectivity index (χ3n) is 5.37. The molecule has 0 N–H and O–H groups in total. The van der Waals surface area contributed by atoms with E-state index in [9.17, 15) is 13.2 Å². The maximum absolute atomic E-state index is 14.7. The van der Waals surface area contributed by atoms with Crippen LogP contribution in [0.15, 0.2) is 79.4 Å². The summed E-state index contributed by atoms with van der Waals surface area (Å²) in [5.41, 5.74) is 3.93. The molecular weight excluding hydrogens is 429 g/mol. The Kier molecular flexibility index (Phi) is 8.75. The van der Waals surface area contributed by atoms with Gasteiger partial charge in [-0.05, 0) is 84.5 Å². The summed E-state index contributed by atoms with van der Waals surface area (Å²) in [4.78, 5) is 0. The number of rotatable bonds is 10. The van der Waals surface area contributed by atoms with Crippen molar-refractivity contribution in [2.24, 2.45) is 0 Å². The monoisotopic (exact) mass is 454 g/mol. The highest BCUT2D eigenvalue weighted by molar-refractivity contribution is 6.30. The van der Waals surface area contributed by atoms with Crippen molar-refractivity contribution in [3.8, 4) is 11.1 Å². The Morgan fingerprint density at radius 1 is 0.656 bits per heavy atom. The largest absolute Gasteiger partial charge is 0.207 e. The highest BCUT2D eigenvalue weighted by atomic mass is 35.5. The molecule has 4 heteroatoms. The van der Waals surface area contributed by atoms with E-state index in [0.717, 1.165) is 36.8 Å². The highest BCUT2D eigenvalue weighted by Crippen LogP contribution is 2.25. The first-order valence-corrected chi connectivity index (χ1v) is 11.1. The van der Waals surface area contributed by atoms with Gasteiger partial charge in [0.2, 0.25) is 0 Å². The average Bonchev–Trinajstić information content (AvgIpc) is 2.79. The minimum atomic E-state index is -0.801. The summed E-state index contributed by atoms with van der Waals surface area (Å²) in [5, 5.41) is -0.518. The van der Waals surface area contributed by atoms with E-state index >= 15 is 0 Å². The summed E-state index contributed by atoms with van der Waals surface area (Å²) < 4.78 is 41.8. The van der Waals surface area contributed by atoms with Crippen molar-refractivity contribution in [3.63, 3.8) is 0 Å². The maximum atomic E-state index is 14.7. The van der Waals surface area contributed by atoms with Crippen LogP contribution in [0.5, 0.6) is 0 Å². The molecule has 0 amide bonds. The van der Waals surface area contributed by atoms with Crippen molar-refractivity contribution in [1.82, 2.24) is 0 Å². The quantitative estimate of drug-likeness (QED) is 0.163. The molecule has 0 aliphatic carbocycles. The van der Waals surface area contributed by atoms with Crippen LogP contribution in [0.1, 0.15) is 36.0 Å². The fourth-order valence-corrected chi connectivity index (χ4v) is 3.63. The number of allylic oxidation sites excluding steroid dienone is 3. The molecule has 0 saturated heterocycles. The van der Waals surface area contributed by atoms with E-state index in [2.05, 4.69) is 30.9 Å². The van der Waals surface area contributed by atoms with Gasteiger partial charge in [-0.3, -0.25) is 0 Å². The molecule has 0 saturated carbocycles. The number of aryl methyl sites for hydroxylation is 3. The molecule has 166 valence electrons. The lowest BCUT2D eigenvalue weighted by Crippen LogP contribution is -1.97. The van der Waals surface area contributed by atoms with E-state index in [1.54, 1.807) is 6.07 Å². The highest BCUT2D eigenvalue weighted by Gasteiger charge is 2.10. The second kappa shape index (κ2) is 11.7. The van der Waals surface area contributed by atoms with Gasteiger partial charge in [0.05, 0.1) is 0 Å². The Morgan fingerprint density at radius 3 is 1.97 bits per heavy atom. The Morgan fingerprint density at radius 2 is 1.31 bits per heavy atom. The standard InChI is InChI=1S/C28H26ClF3/c1-2-3-4-5-6-7-8-20-9-12-22(13-10-20)24-16-15-23(25(30)19-24)14-11-21-17-26(31)28(29)27(32)18-21/h2,5-6,9-10,12-13,15-19H,1,3-4,7-8,11,14H2. The zero-order valence-corrected chi connectivity index (χ0v) is 18.6. The van der Waals surface area contributed by atoms with Gasteiger partial charge in [0.25, 0.3) is 0 Å². The van der Waals surface area contributed by atoms with Crippen molar-refractivity contribution in [3.05, 3.63) is 119 Å². The fourth-order valence-electron chi connectivity index (χ4n) is 3.52. The molecule has 0 fully saturated rings. The molecule has 3 aromatic carbocycles. The summed E-state index contributed by atoms with van der Waals surface area (Å²) in [7, 11) is 0. The molecule has 32 heavy (non-hydrogen) atoms. The molecule has 3 aromatic rings. The summed E-state index contributed by atoms with van der Waals surface area (Å²) in [6.07, 6.45) is 10.9. The molecule has 0 atom stereocenters. The van der Waals surface area contributed by atoms with Crippen molar-refractivity contribution >= 4 is 11.6 Å². The van der Waals surface area contributed by atoms with Gasteiger partial charge in [0, 0.05) is 0 Å². The lowest BCUT2D eigenvalue weighted by Gasteiger charge is -2.09. The minimum Gasteiger partial charge on any atom is -0.207 e. The van der Waals surface area contributed by atoms with Crippen LogP contribution in [0.25, 0.3) is 11.1 Å². The smallest absolute Gasteiger partial charge is 0.145 e. The molecule has 0 unspecified atom stereocenters. The van der Waals surface area contributed by atoms with Crippen LogP contribution in [0.3, 0.4) is 0 Å². The number of halogens is 4. The number of hydrogen-bond donors (Lipinski definition) is 0. The van der Waals surface area contributed by atoms with E-state index in [-0.39, 0.29) is 5.82 Å². The van der Waals surface area contributed by atoms with Crippen LogP contribution in [0.4, 0.5) is 13.2 Å². The zero-order valence-electron chi connectivity index (χ0n) is 17.9. The van der Waals surface area contributed by atoms with Gasteiger partial charge in [0.1, 0.15) is 22.5 Å². The summed E-state index contributed by atoms with van der Waals surface area (Å²) >= 11 is 5.51. The molecule has 0 radical (unpaired) electrons. The summed E-state index contributed by atoms with van der Waals surface area (Å²) in [6, 6.07) is 15.6. The first kappa shape index (κ1) is 23.9. The van der Waals surface area contributed by atoms with Gasteiger partial charge in [-0.15, -0.1) is 6.58 Å². The Labute approximate surface area is 193 Å². The first-order valence-electron chi connectivity index (χ1n) is 10.7. The van der Waals surface area contributed by atoms with Crippen LogP contribution >= 0.6 is 11.6 Å². The first-order chi connectivity index (χ1) is 15.5. The zero-order chi connectivity index (χ0) is 22.9. The molecule has 3 rings (SSSR count). The second-order valence-electron chi connectivity index (χ2n) is 7.75. The SMILES string of the molecule is C=CCCC=CCCc1ccc(-c2ccc(CCc3cc(F)c(Cl)c(F)c3)c(F)c2)cc1. The van der Waals surface area contributed by atoms with Crippen LogP contribution in [0, 0.1) is 17.5 Å². The molecule has 0 nitrogen and oxygen atoms in total. The predicted molar refractivity (Wildman–Crippen MR) is 128 cm³/mol. The van der Waals surface area contributed by atoms with E-state index < -0.39 is 16.7 Å². The predicted octanol–water partition coefficient (Wildman–Crippen LogP) is 8.66. The van der Waals surface area contributed by atoms with Crippen LogP contribution < -0.4 is 0 Å². The minimum absolute atomic E-state index is 0.317. The van der Waals surface area contributed by atoms with Crippen molar-refractivity contribution in [2.45, 2.75) is 38.5 Å². The van der Waals surface area contributed by atoms with Crippen LogP contribution in [0.2, 0.25) is 5.02 Å². The normalized spacial score (nSPS) is 11.2. The molecule has 0 aliphatic rings. The topological polar surface area (TPSA) is 0 Å². The summed E-state index contributed by atoms with van der Waals surface area (Å²) in [6.45, 7) is 3.71. The van der Waals surface area contributed by atoms with Crippen molar-refractivity contribution < 1.29 is 13.2 Å². The Bertz CT molecular complexity index is 1060. The van der Waals surface area contributed by atoms with E-state index in [1.165, 1.54) is 23.8 Å². The maximum Gasteiger partial charge on any atom is 0.145 e. The average molecular weight is 455 g/mol. The number of hydrogen-bond acceptors (Lipinski definition) is 0. The van der Waals surface area contributed by atoms with Gasteiger partial charge < -0.3 is 0 Å². The third kappa shape index (κ3) is 6.61. The van der Waals surface area contributed by atoms with Crippen molar-refractivity contribution in [2.75, 3.05) is 0 Å². The van der Waals surface area contributed by atoms with Gasteiger partial charge >= 0.3 is 0 Å². The Balaban J connectivity index is 1.59. The second-order valence-corrected chi connectivity index (χ2v) is 8.13. The molecular formula is C28H26ClF3. The van der Waals surface area contributed by atoms with Crippen LogP contribution in [-0.4, -0.2) is 0 Å². The Hall–Kier alpha value is -2.78. The van der Waals surface area contributed by atoms with Gasteiger partial charge in [-0.1, -0.05) is 66.2 Å². The number of unbranched alkanes of at least 4 members (excludes halogenated alkanes) is 1. The van der Waals surface area contributed by atoms with Gasteiger partial charge in [0.15, 0.2) is 0 Å². The molecule has 0 spiro atoms. The molecule has 0 heterocycles. The summed E-state index contributed by atoms with van der Waals surface area (Å²) in [5.74, 6) is -1.93. The molecule has 0 bridgehead atoms. The fraction of sp³-hybridized carbons (Fsp3) is 0.214. The van der Waals surface area contributed by atoms with E-state index in [1.807, 2.05) is 24.3 Å². The van der Waals surface area contributed by atoms with Gasteiger partial charge in [-0.25, -0.2) is 13.2 Å². The van der Waals surface area contributed by atoms with E-state index in [4.69, 9.17) is 11.6 Å². The van der Waals surface area contributed by atoms with E-state index in [0.29, 0.717) is 24.0 Å².